The Morgan fingerprint density at radius 3 is 3.22 bits per heavy atom. The molecule has 2 atom stereocenters. The molecule has 0 spiro atoms. The predicted molar refractivity (Wildman–Crippen MR) is 72.6 cm³/mol. The molecule has 1 aliphatic heterocycles. The van der Waals surface area contributed by atoms with E-state index in [2.05, 4.69) is 17.6 Å². The minimum Gasteiger partial charge on any atom is -0.377 e. The Hall–Kier alpha value is -0.910. The molecule has 2 N–H and O–H groups in total. The first-order valence-corrected chi connectivity index (χ1v) is 7.28. The van der Waals surface area contributed by atoms with E-state index in [0.29, 0.717) is 13.1 Å². The highest BCUT2D eigenvalue weighted by Crippen LogP contribution is 2.15. The summed E-state index contributed by atoms with van der Waals surface area (Å²) in [5.41, 5.74) is 0. The second-order valence-corrected chi connectivity index (χ2v) is 5.61. The molecule has 0 unspecified atom stereocenters. The predicted octanol–water partition coefficient (Wildman–Crippen LogP) is 1.52. The molecule has 0 saturated carbocycles. The molecule has 1 aromatic rings. The SMILES string of the molecule is C[C@@H](NCC(=O)NCc1cccs1)[C@@H]1CCCO1. The van der Waals surface area contributed by atoms with E-state index in [1.807, 2.05) is 17.5 Å². The van der Waals surface area contributed by atoms with Gasteiger partial charge >= 0.3 is 0 Å². The largest absolute Gasteiger partial charge is 0.377 e. The molecule has 5 heteroatoms. The van der Waals surface area contributed by atoms with Gasteiger partial charge in [-0.15, -0.1) is 11.3 Å². The minimum atomic E-state index is 0.0354. The third kappa shape index (κ3) is 4.08. The molecule has 4 nitrogen and oxygen atoms in total. The van der Waals surface area contributed by atoms with Crippen molar-refractivity contribution in [3.63, 3.8) is 0 Å². The Balaban J connectivity index is 1.62. The fourth-order valence-electron chi connectivity index (χ4n) is 2.04. The number of ether oxygens (including phenoxy) is 1. The van der Waals surface area contributed by atoms with E-state index in [9.17, 15) is 4.79 Å². The lowest BCUT2D eigenvalue weighted by Crippen LogP contribution is -2.42. The van der Waals surface area contributed by atoms with E-state index in [4.69, 9.17) is 4.74 Å². The molecule has 100 valence electrons. The molecule has 18 heavy (non-hydrogen) atoms. The van der Waals surface area contributed by atoms with Crippen molar-refractivity contribution in [3.05, 3.63) is 22.4 Å². The summed E-state index contributed by atoms with van der Waals surface area (Å²) < 4.78 is 5.57. The molecule has 1 fully saturated rings. The highest BCUT2D eigenvalue weighted by Gasteiger charge is 2.22. The summed E-state index contributed by atoms with van der Waals surface area (Å²) in [6.07, 6.45) is 2.47. The van der Waals surface area contributed by atoms with Gasteiger partial charge in [-0.3, -0.25) is 4.79 Å². The number of hydrogen-bond acceptors (Lipinski definition) is 4. The van der Waals surface area contributed by atoms with Gasteiger partial charge in [-0.25, -0.2) is 0 Å². The van der Waals surface area contributed by atoms with Crippen LogP contribution in [0.5, 0.6) is 0 Å². The van der Waals surface area contributed by atoms with E-state index < -0.39 is 0 Å². The normalized spacial score (nSPS) is 20.8. The van der Waals surface area contributed by atoms with Crippen molar-refractivity contribution >= 4 is 17.2 Å². The van der Waals surface area contributed by atoms with Crippen molar-refractivity contribution in [2.75, 3.05) is 13.2 Å². The molecule has 1 saturated heterocycles. The molecule has 0 aromatic carbocycles. The van der Waals surface area contributed by atoms with Gasteiger partial charge < -0.3 is 15.4 Å². The Labute approximate surface area is 112 Å². The highest BCUT2D eigenvalue weighted by molar-refractivity contribution is 7.09. The molecular weight excluding hydrogens is 248 g/mol. The van der Waals surface area contributed by atoms with Crippen LogP contribution in [0.25, 0.3) is 0 Å². The molecule has 0 aliphatic carbocycles. The first-order chi connectivity index (χ1) is 8.75. The number of thiophene rings is 1. The zero-order chi connectivity index (χ0) is 12.8. The lowest BCUT2D eigenvalue weighted by molar-refractivity contribution is -0.120. The number of amides is 1. The molecule has 0 bridgehead atoms. The van der Waals surface area contributed by atoms with Crippen LogP contribution in [0.4, 0.5) is 0 Å². The Kier molecular flexibility index (Phi) is 5.16. The summed E-state index contributed by atoms with van der Waals surface area (Å²) in [6.45, 7) is 3.89. The fraction of sp³-hybridized carbons (Fsp3) is 0.615. The van der Waals surface area contributed by atoms with Gasteiger partial charge in [0.2, 0.25) is 5.91 Å². The van der Waals surface area contributed by atoms with Crippen LogP contribution >= 0.6 is 11.3 Å². The van der Waals surface area contributed by atoms with E-state index in [1.54, 1.807) is 11.3 Å². The fourth-order valence-corrected chi connectivity index (χ4v) is 2.69. The van der Waals surface area contributed by atoms with Gasteiger partial charge in [-0.2, -0.15) is 0 Å². The molecule has 1 amide bonds. The van der Waals surface area contributed by atoms with Gasteiger partial charge in [0.05, 0.1) is 19.2 Å². The minimum absolute atomic E-state index is 0.0354. The molecule has 0 radical (unpaired) electrons. The second kappa shape index (κ2) is 6.87. The van der Waals surface area contributed by atoms with Crippen LogP contribution in [0.2, 0.25) is 0 Å². The van der Waals surface area contributed by atoms with Crippen LogP contribution in [0.15, 0.2) is 17.5 Å². The van der Waals surface area contributed by atoms with Crippen molar-refractivity contribution in [1.29, 1.82) is 0 Å². The van der Waals surface area contributed by atoms with Gasteiger partial charge in [0.1, 0.15) is 0 Å². The topological polar surface area (TPSA) is 50.4 Å². The van der Waals surface area contributed by atoms with Crippen molar-refractivity contribution in [2.45, 2.75) is 38.5 Å². The first kappa shape index (κ1) is 13.5. The molecular formula is C13H20N2O2S. The zero-order valence-electron chi connectivity index (χ0n) is 10.6. The molecule has 1 aromatic heterocycles. The molecule has 2 rings (SSSR count). The summed E-state index contributed by atoms with van der Waals surface area (Å²) >= 11 is 1.65. The summed E-state index contributed by atoms with van der Waals surface area (Å²) in [5.74, 6) is 0.0354. The van der Waals surface area contributed by atoms with Crippen LogP contribution in [0, 0.1) is 0 Å². The van der Waals surface area contributed by atoms with Crippen molar-refractivity contribution in [1.82, 2.24) is 10.6 Å². The number of nitrogens with one attached hydrogen (secondary N) is 2. The maximum absolute atomic E-state index is 11.6. The van der Waals surface area contributed by atoms with E-state index in [1.165, 1.54) is 4.88 Å². The lowest BCUT2D eigenvalue weighted by Gasteiger charge is -2.19. The average molecular weight is 268 g/mol. The Morgan fingerprint density at radius 2 is 2.56 bits per heavy atom. The number of rotatable bonds is 6. The molecule has 2 heterocycles. The summed E-state index contributed by atoms with van der Waals surface area (Å²) in [7, 11) is 0. The maximum atomic E-state index is 11.6. The average Bonchev–Trinajstić information content (AvgIpc) is 3.05. The summed E-state index contributed by atoms with van der Waals surface area (Å²) in [6, 6.07) is 4.25. The van der Waals surface area contributed by atoms with Gasteiger partial charge in [0, 0.05) is 17.5 Å². The van der Waals surface area contributed by atoms with Crippen molar-refractivity contribution in [3.8, 4) is 0 Å². The van der Waals surface area contributed by atoms with Crippen LogP contribution in [-0.4, -0.2) is 31.2 Å². The van der Waals surface area contributed by atoms with Gasteiger partial charge in [0.25, 0.3) is 0 Å². The number of carbonyl (C=O) groups is 1. The van der Waals surface area contributed by atoms with E-state index >= 15 is 0 Å². The number of carbonyl (C=O) groups excluding carboxylic acids is 1. The van der Waals surface area contributed by atoms with Crippen molar-refractivity contribution < 1.29 is 9.53 Å². The quantitative estimate of drug-likeness (QED) is 0.822. The van der Waals surface area contributed by atoms with Gasteiger partial charge in [0.15, 0.2) is 0 Å². The van der Waals surface area contributed by atoms with Crippen LogP contribution in [0.1, 0.15) is 24.6 Å². The third-order valence-electron chi connectivity index (χ3n) is 3.15. The summed E-state index contributed by atoms with van der Waals surface area (Å²) in [5, 5.41) is 8.13. The second-order valence-electron chi connectivity index (χ2n) is 4.58. The van der Waals surface area contributed by atoms with Crippen LogP contribution in [-0.2, 0) is 16.1 Å². The lowest BCUT2D eigenvalue weighted by atomic mass is 10.1. The van der Waals surface area contributed by atoms with E-state index in [0.717, 1.165) is 19.4 Å². The highest BCUT2D eigenvalue weighted by atomic mass is 32.1. The summed E-state index contributed by atoms with van der Waals surface area (Å²) in [4.78, 5) is 12.8. The standard InChI is InChI=1S/C13H20N2O2S/c1-10(12-5-2-6-17-12)14-9-13(16)15-8-11-4-3-7-18-11/h3-4,7,10,12,14H,2,5-6,8-9H2,1H3,(H,15,16)/t10-,12+/m1/s1. The van der Waals surface area contributed by atoms with Crippen molar-refractivity contribution in [2.24, 2.45) is 0 Å². The van der Waals surface area contributed by atoms with Crippen LogP contribution < -0.4 is 10.6 Å². The molecule has 1 aliphatic rings. The van der Waals surface area contributed by atoms with Crippen LogP contribution in [0.3, 0.4) is 0 Å². The third-order valence-corrected chi connectivity index (χ3v) is 4.02. The smallest absolute Gasteiger partial charge is 0.234 e. The first-order valence-electron chi connectivity index (χ1n) is 6.40. The Morgan fingerprint density at radius 1 is 1.67 bits per heavy atom. The van der Waals surface area contributed by atoms with E-state index in [-0.39, 0.29) is 18.1 Å². The monoisotopic (exact) mass is 268 g/mol. The Bertz CT molecular complexity index is 361. The van der Waals surface area contributed by atoms with Gasteiger partial charge in [-0.05, 0) is 31.2 Å². The number of hydrogen-bond donors (Lipinski definition) is 2. The maximum Gasteiger partial charge on any atom is 0.234 e. The van der Waals surface area contributed by atoms with Gasteiger partial charge in [-0.1, -0.05) is 6.07 Å². The zero-order valence-corrected chi connectivity index (χ0v) is 11.5.